The number of likely N-dealkylation sites (tertiary alicyclic amines) is 1. The second-order valence-corrected chi connectivity index (χ2v) is 8.71. The van der Waals surface area contributed by atoms with Gasteiger partial charge in [0.2, 0.25) is 0 Å². The Morgan fingerprint density at radius 1 is 1.10 bits per heavy atom. The van der Waals surface area contributed by atoms with Crippen molar-refractivity contribution in [2.24, 2.45) is 5.92 Å². The number of hydrogen-bond acceptors (Lipinski definition) is 4. The summed E-state index contributed by atoms with van der Waals surface area (Å²) in [6.45, 7) is 7.76. The van der Waals surface area contributed by atoms with E-state index in [-0.39, 0.29) is 17.7 Å². The van der Waals surface area contributed by atoms with E-state index < -0.39 is 5.60 Å². The normalized spacial score (nSPS) is 14.6. The van der Waals surface area contributed by atoms with E-state index in [9.17, 15) is 9.59 Å². The lowest BCUT2D eigenvalue weighted by Crippen LogP contribution is -2.53. The Bertz CT molecular complexity index is 1090. The Kier molecular flexibility index (Phi) is 5.28. The van der Waals surface area contributed by atoms with Crippen LogP contribution in [0, 0.1) is 5.92 Å². The van der Waals surface area contributed by atoms with Crippen molar-refractivity contribution >= 4 is 17.1 Å². The molecular formula is C23H27N3O4. The van der Waals surface area contributed by atoms with Crippen molar-refractivity contribution in [2.45, 2.75) is 32.9 Å². The van der Waals surface area contributed by atoms with E-state index in [0.717, 1.165) is 11.1 Å². The summed E-state index contributed by atoms with van der Waals surface area (Å²) >= 11 is 0. The number of aromatic amines is 1. The molecule has 1 amide bonds. The number of amides is 1. The summed E-state index contributed by atoms with van der Waals surface area (Å²) in [4.78, 5) is 29.2. The van der Waals surface area contributed by atoms with Crippen LogP contribution in [0.3, 0.4) is 0 Å². The van der Waals surface area contributed by atoms with Gasteiger partial charge in [0.15, 0.2) is 0 Å². The van der Waals surface area contributed by atoms with Crippen LogP contribution in [0.15, 0.2) is 53.3 Å². The molecule has 2 heterocycles. The highest BCUT2D eigenvalue weighted by Crippen LogP contribution is 2.26. The third kappa shape index (κ3) is 4.35. The number of hydrogen-bond donors (Lipinski definition) is 1. The number of nitrogens with zero attached hydrogens (tertiary/aromatic N) is 2. The Morgan fingerprint density at radius 3 is 2.53 bits per heavy atom. The lowest BCUT2D eigenvalue weighted by Gasteiger charge is -2.39. The van der Waals surface area contributed by atoms with E-state index in [1.807, 2.05) is 69.3 Å². The molecule has 1 aromatic heterocycles. The molecule has 30 heavy (non-hydrogen) atoms. The minimum absolute atomic E-state index is 0.162. The van der Waals surface area contributed by atoms with Gasteiger partial charge in [-0.25, -0.2) is 9.59 Å². The number of para-hydroxylation sites is 1. The van der Waals surface area contributed by atoms with E-state index in [0.29, 0.717) is 37.5 Å². The largest absolute Gasteiger partial charge is 0.491 e. The van der Waals surface area contributed by atoms with Crippen molar-refractivity contribution in [3.8, 4) is 5.75 Å². The molecule has 1 saturated heterocycles. The standard InChI is InChI=1S/C23H27N3O4/c1-23(2,3)30-22(28)25-12-17(13-25)15-29-19-11-7-10-18-20(19)24-21(27)26(18)14-16-8-5-4-6-9-16/h4-11,17H,12-15H2,1-3H3,(H,24,27). The first-order valence-corrected chi connectivity index (χ1v) is 10.2. The molecule has 7 heteroatoms. The highest BCUT2D eigenvalue weighted by molar-refractivity contribution is 5.82. The van der Waals surface area contributed by atoms with Crippen LogP contribution < -0.4 is 10.4 Å². The lowest BCUT2D eigenvalue weighted by molar-refractivity contribution is -0.00773. The fraction of sp³-hybridized carbons (Fsp3) is 0.391. The van der Waals surface area contributed by atoms with Gasteiger partial charge < -0.3 is 19.4 Å². The van der Waals surface area contributed by atoms with Crippen LogP contribution in [0.1, 0.15) is 26.3 Å². The van der Waals surface area contributed by atoms with Crippen LogP contribution in [0.25, 0.3) is 11.0 Å². The third-order valence-corrected chi connectivity index (χ3v) is 5.04. The smallest absolute Gasteiger partial charge is 0.410 e. The zero-order valence-electron chi connectivity index (χ0n) is 17.6. The van der Waals surface area contributed by atoms with Crippen molar-refractivity contribution < 1.29 is 14.3 Å². The van der Waals surface area contributed by atoms with Gasteiger partial charge in [0.1, 0.15) is 16.9 Å². The van der Waals surface area contributed by atoms with Crippen LogP contribution >= 0.6 is 0 Å². The van der Waals surface area contributed by atoms with Crippen molar-refractivity contribution in [3.05, 3.63) is 64.6 Å². The second kappa shape index (κ2) is 7.89. The molecule has 7 nitrogen and oxygen atoms in total. The summed E-state index contributed by atoms with van der Waals surface area (Å²) in [7, 11) is 0. The molecule has 3 aromatic rings. The minimum atomic E-state index is -0.493. The van der Waals surface area contributed by atoms with E-state index in [1.165, 1.54) is 0 Å². The maximum absolute atomic E-state index is 12.5. The highest BCUT2D eigenvalue weighted by atomic mass is 16.6. The van der Waals surface area contributed by atoms with Gasteiger partial charge in [-0.15, -0.1) is 0 Å². The first-order valence-electron chi connectivity index (χ1n) is 10.2. The molecule has 0 spiro atoms. The summed E-state index contributed by atoms with van der Waals surface area (Å²) in [5.74, 6) is 0.887. The van der Waals surface area contributed by atoms with E-state index >= 15 is 0 Å². The number of carbonyl (C=O) groups excluding carboxylic acids is 1. The maximum Gasteiger partial charge on any atom is 0.410 e. The van der Waals surface area contributed by atoms with E-state index in [2.05, 4.69) is 4.98 Å². The number of H-pyrrole nitrogens is 1. The Balaban J connectivity index is 1.41. The Hall–Kier alpha value is -3.22. The second-order valence-electron chi connectivity index (χ2n) is 8.71. The van der Waals surface area contributed by atoms with E-state index in [1.54, 1.807) is 9.47 Å². The predicted molar refractivity (Wildman–Crippen MR) is 115 cm³/mol. The average Bonchev–Trinajstić information content (AvgIpc) is 2.96. The molecule has 0 saturated carbocycles. The van der Waals surface area contributed by atoms with Gasteiger partial charge in [-0.1, -0.05) is 36.4 Å². The molecule has 2 aromatic carbocycles. The lowest BCUT2D eigenvalue weighted by atomic mass is 10.0. The molecule has 0 aliphatic carbocycles. The zero-order valence-corrected chi connectivity index (χ0v) is 17.6. The molecule has 0 atom stereocenters. The molecule has 1 aliphatic heterocycles. The van der Waals surface area contributed by atoms with Gasteiger partial charge in [0.25, 0.3) is 0 Å². The van der Waals surface area contributed by atoms with Crippen LogP contribution in [-0.4, -0.2) is 45.8 Å². The number of benzene rings is 2. The monoisotopic (exact) mass is 409 g/mol. The first-order chi connectivity index (χ1) is 14.3. The minimum Gasteiger partial charge on any atom is -0.491 e. The predicted octanol–water partition coefficient (Wildman–Crippen LogP) is 3.62. The van der Waals surface area contributed by atoms with Gasteiger partial charge in [-0.3, -0.25) is 4.57 Å². The number of carbonyl (C=O) groups is 1. The Morgan fingerprint density at radius 2 is 1.83 bits per heavy atom. The number of aromatic nitrogens is 2. The topological polar surface area (TPSA) is 76.6 Å². The molecule has 1 fully saturated rings. The maximum atomic E-state index is 12.5. The van der Waals surface area contributed by atoms with Gasteiger partial charge in [-0.05, 0) is 38.5 Å². The summed E-state index contributed by atoms with van der Waals surface area (Å²) in [6, 6.07) is 15.5. The first kappa shape index (κ1) is 20.1. The van der Waals surface area contributed by atoms with Gasteiger partial charge in [0, 0.05) is 19.0 Å². The van der Waals surface area contributed by atoms with Crippen LogP contribution in [0.2, 0.25) is 0 Å². The number of imidazole rings is 1. The van der Waals surface area contributed by atoms with Gasteiger partial charge >= 0.3 is 11.8 Å². The van der Waals surface area contributed by atoms with E-state index in [4.69, 9.17) is 9.47 Å². The van der Waals surface area contributed by atoms with Crippen LogP contribution in [0.5, 0.6) is 5.75 Å². The number of nitrogens with one attached hydrogen (secondary N) is 1. The van der Waals surface area contributed by atoms with Crippen molar-refractivity contribution in [1.82, 2.24) is 14.5 Å². The number of rotatable bonds is 5. The Labute approximate surface area is 175 Å². The highest BCUT2D eigenvalue weighted by Gasteiger charge is 2.34. The quantitative estimate of drug-likeness (QED) is 0.698. The van der Waals surface area contributed by atoms with Gasteiger partial charge in [-0.2, -0.15) is 0 Å². The molecule has 0 bridgehead atoms. The third-order valence-electron chi connectivity index (χ3n) is 5.04. The summed E-state index contributed by atoms with van der Waals surface area (Å²) in [5, 5.41) is 0. The molecule has 158 valence electrons. The number of fused-ring (bicyclic) bond motifs is 1. The van der Waals surface area contributed by atoms with Crippen molar-refractivity contribution in [3.63, 3.8) is 0 Å². The van der Waals surface area contributed by atoms with Gasteiger partial charge in [0.05, 0.1) is 18.7 Å². The molecule has 4 rings (SSSR count). The fourth-order valence-electron chi connectivity index (χ4n) is 3.56. The molecule has 0 radical (unpaired) electrons. The van der Waals surface area contributed by atoms with Crippen LogP contribution in [-0.2, 0) is 11.3 Å². The summed E-state index contributed by atoms with van der Waals surface area (Å²) < 4.78 is 13.1. The average molecular weight is 409 g/mol. The zero-order chi connectivity index (χ0) is 21.3. The molecular weight excluding hydrogens is 382 g/mol. The fourth-order valence-corrected chi connectivity index (χ4v) is 3.56. The number of ether oxygens (including phenoxy) is 2. The molecule has 0 unspecified atom stereocenters. The summed E-state index contributed by atoms with van der Waals surface area (Å²) in [5.41, 5.74) is 1.91. The molecule has 1 aliphatic rings. The molecule has 1 N–H and O–H groups in total. The van der Waals surface area contributed by atoms with Crippen LogP contribution in [0.4, 0.5) is 4.79 Å². The SMILES string of the molecule is CC(C)(C)OC(=O)N1CC(COc2cccc3c2[nH]c(=O)n3Cc2ccccc2)C1. The van der Waals surface area contributed by atoms with Crippen molar-refractivity contribution in [2.75, 3.05) is 19.7 Å². The van der Waals surface area contributed by atoms with Crippen molar-refractivity contribution in [1.29, 1.82) is 0 Å². The summed E-state index contributed by atoms with van der Waals surface area (Å²) in [6.07, 6.45) is -0.289.